The predicted octanol–water partition coefficient (Wildman–Crippen LogP) is 2.71. The Kier molecular flexibility index (Phi) is 3.54. The van der Waals surface area contributed by atoms with Crippen LogP contribution >= 0.6 is 0 Å². The Bertz CT molecular complexity index is 286. The van der Waals surface area contributed by atoms with Crippen LogP contribution in [0.25, 0.3) is 0 Å². The molecule has 1 aliphatic rings. The van der Waals surface area contributed by atoms with E-state index in [2.05, 4.69) is 22.4 Å². The van der Waals surface area contributed by atoms with E-state index >= 15 is 0 Å². The van der Waals surface area contributed by atoms with Gasteiger partial charge in [0, 0.05) is 12.7 Å². The van der Waals surface area contributed by atoms with Crippen molar-refractivity contribution in [3.8, 4) is 0 Å². The van der Waals surface area contributed by atoms with E-state index in [-0.39, 0.29) is 0 Å². The van der Waals surface area contributed by atoms with Gasteiger partial charge < -0.3 is 5.32 Å². The SMILES string of the molecule is CC1CCCCC1CNc1cccnn1. The van der Waals surface area contributed by atoms with E-state index in [1.54, 1.807) is 6.20 Å². The van der Waals surface area contributed by atoms with Gasteiger partial charge in [0.15, 0.2) is 0 Å². The number of nitrogens with one attached hydrogen (secondary N) is 1. The Morgan fingerprint density at radius 2 is 2.27 bits per heavy atom. The Balaban J connectivity index is 1.82. The van der Waals surface area contributed by atoms with Gasteiger partial charge in [-0.15, -0.1) is 5.10 Å². The molecule has 1 heterocycles. The van der Waals surface area contributed by atoms with Crippen LogP contribution in [0.1, 0.15) is 32.6 Å². The number of nitrogens with zero attached hydrogens (tertiary/aromatic N) is 2. The van der Waals surface area contributed by atoms with Gasteiger partial charge in [0.05, 0.1) is 0 Å². The Morgan fingerprint density at radius 1 is 1.40 bits per heavy atom. The highest BCUT2D eigenvalue weighted by Gasteiger charge is 2.20. The minimum Gasteiger partial charge on any atom is -0.368 e. The first-order valence-corrected chi connectivity index (χ1v) is 5.88. The van der Waals surface area contributed by atoms with Crippen LogP contribution < -0.4 is 5.32 Å². The van der Waals surface area contributed by atoms with Crippen molar-refractivity contribution in [2.24, 2.45) is 11.8 Å². The molecule has 82 valence electrons. The van der Waals surface area contributed by atoms with E-state index < -0.39 is 0 Å². The summed E-state index contributed by atoms with van der Waals surface area (Å²) in [5.41, 5.74) is 0. The Labute approximate surface area is 91.3 Å². The smallest absolute Gasteiger partial charge is 0.148 e. The van der Waals surface area contributed by atoms with Crippen LogP contribution in [-0.2, 0) is 0 Å². The maximum Gasteiger partial charge on any atom is 0.148 e. The van der Waals surface area contributed by atoms with Crippen molar-refractivity contribution in [1.82, 2.24) is 10.2 Å². The highest BCUT2D eigenvalue weighted by Crippen LogP contribution is 2.29. The van der Waals surface area contributed by atoms with Gasteiger partial charge in [-0.05, 0) is 30.4 Å². The fourth-order valence-electron chi connectivity index (χ4n) is 2.33. The van der Waals surface area contributed by atoms with E-state index in [1.807, 2.05) is 12.1 Å². The summed E-state index contributed by atoms with van der Waals surface area (Å²) in [6.07, 6.45) is 7.23. The van der Waals surface area contributed by atoms with Crippen molar-refractivity contribution in [3.05, 3.63) is 18.3 Å². The molecule has 2 unspecified atom stereocenters. The largest absolute Gasteiger partial charge is 0.368 e. The zero-order chi connectivity index (χ0) is 10.5. The second kappa shape index (κ2) is 5.10. The monoisotopic (exact) mass is 205 g/mol. The first-order valence-electron chi connectivity index (χ1n) is 5.88. The molecule has 1 N–H and O–H groups in total. The lowest BCUT2D eigenvalue weighted by atomic mass is 9.80. The second-order valence-corrected chi connectivity index (χ2v) is 4.51. The van der Waals surface area contributed by atoms with Crippen molar-refractivity contribution >= 4 is 5.82 Å². The number of hydrogen-bond donors (Lipinski definition) is 1. The van der Waals surface area contributed by atoms with Crippen LogP contribution in [0.2, 0.25) is 0 Å². The van der Waals surface area contributed by atoms with Gasteiger partial charge in [0.2, 0.25) is 0 Å². The highest BCUT2D eigenvalue weighted by molar-refractivity contribution is 5.31. The Morgan fingerprint density at radius 3 is 3.00 bits per heavy atom. The van der Waals surface area contributed by atoms with E-state index in [0.717, 1.165) is 24.2 Å². The van der Waals surface area contributed by atoms with Crippen LogP contribution in [0.15, 0.2) is 18.3 Å². The molecule has 0 spiro atoms. The summed E-state index contributed by atoms with van der Waals surface area (Å²) < 4.78 is 0. The van der Waals surface area contributed by atoms with E-state index in [9.17, 15) is 0 Å². The zero-order valence-electron chi connectivity index (χ0n) is 9.32. The summed E-state index contributed by atoms with van der Waals surface area (Å²) >= 11 is 0. The number of anilines is 1. The fraction of sp³-hybridized carbons (Fsp3) is 0.667. The van der Waals surface area contributed by atoms with Gasteiger partial charge >= 0.3 is 0 Å². The van der Waals surface area contributed by atoms with Crippen LogP contribution in [-0.4, -0.2) is 16.7 Å². The number of hydrogen-bond acceptors (Lipinski definition) is 3. The molecule has 1 aromatic heterocycles. The minimum absolute atomic E-state index is 0.806. The molecule has 1 aliphatic carbocycles. The molecule has 1 saturated carbocycles. The minimum atomic E-state index is 0.806. The van der Waals surface area contributed by atoms with Crippen molar-refractivity contribution in [2.45, 2.75) is 32.6 Å². The van der Waals surface area contributed by atoms with E-state index in [1.165, 1.54) is 25.7 Å². The average Bonchev–Trinajstić information content (AvgIpc) is 2.29. The molecular formula is C12H19N3. The van der Waals surface area contributed by atoms with Gasteiger partial charge in [-0.25, -0.2) is 0 Å². The predicted molar refractivity (Wildman–Crippen MR) is 61.6 cm³/mol. The van der Waals surface area contributed by atoms with Crippen molar-refractivity contribution < 1.29 is 0 Å². The topological polar surface area (TPSA) is 37.8 Å². The van der Waals surface area contributed by atoms with Crippen LogP contribution in [0.3, 0.4) is 0 Å². The van der Waals surface area contributed by atoms with Gasteiger partial charge in [0.1, 0.15) is 5.82 Å². The van der Waals surface area contributed by atoms with Crippen LogP contribution in [0.4, 0.5) is 5.82 Å². The molecule has 2 rings (SSSR count). The molecular weight excluding hydrogens is 186 g/mol. The molecule has 0 bridgehead atoms. The molecule has 3 nitrogen and oxygen atoms in total. The third-order valence-corrected chi connectivity index (χ3v) is 3.41. The summed E-state index contributed by atoms with van der Waals surface area (Å²) in [5, 5.41) is 11.3. The van der Waals surface area contributed by atoms with Gasteiger partial charge in [-0.1, -0.05) is 26.2 Å². The average molecular weight is 205 g/mol. The highest BCUT2D eigenvalue weighted by atomic mass is 15.2. The van der Waals surface area contributed by atoms with Crippen molar-refractivity contribution in [3.63, 3.8) is 0 Å². The van der Waals surface area contributed by atoms with E-state index in [0.29, 0.717) is 0 Å². The number of rotatable bonds is 3. The van der Waals surface area contributed by atoms with E-state index in [4.69, 9.17) is 0 Å². The van der Waals surface area contributed by atoms with Crippen molar-refractivity contribution in [1.29, 1.82) is 0 Å². The fourth-order valence-corrected chi connectivity index (χ4v) is 2.33. The summed E-state index contributed by atoms with van der Waals surface area (Å²) in [5.74, 6) is 2.55. The molecule has 0 aromatic carbocycles. The third kappa shape index (κ3) is 2.91. The normalized spacial score (nSPS) is 26.2. The molecule has 0 amide bonds. The van der Waals surface area contributed by atoms with Gasteiger partial charge in [-0.3, -0.25) is 0 Å². The maximum absolute atomic E-state index is 4.03. The van der Waals surface area contributed by atoms with Crippen molar-refractivity contribution in [2.75, 3.05) is 11.9 Å². The molecule has 15 heavy (non-hydrogen) atoms. The summed E-state index contributed by atoms with van der Waals surface area (Å²) in [6, 6.07) is 3.89. The van der Waals surface area contributed by atoms with Gasteiger partial charge in [0.25, 0.3) is 0 Å². The quantitative estimate of drug-likeness (QED) is 0.824. The molecule has 3 heteroatoms. The second-order valence-electron chi connectivity index (χ2n) is 4.51. The lowest BCUT2D eigenvalue weighted by molar-refractivity contribution is 0.268. The molecule has 0 radical (unpaired) electrons. The first kappa shape index (κ1) is 10.4. The lowest BCUT2D eigenvalue weighted by Crippen LogP contribution is -2.24. The zero-order valence-corrected chi connectivity index (χ0v) is 9.32. The third-order valence-electron chi connectivity index (χ3n) is 3.41. The lowest BCUT2D eigenvalue weighted by Gasteiger charge is -2.28. The van der Waals surface area contributed by atoms with Gasteiger partial charge in [-0.2, -0.15) is 5.10 Å². The maximum atomic E-state index is 4.03. The summed E-state index contributed by atoms with van der Waals surface area (Å²) in [6.45, 7) is 3.40. The van der Waals surface area contributed by atoms with Crippen LogP contribution in [0.5, 0.6) is 0 Å². The standard InChI is InChI=1S/C12H19N3/c1-10-5-2-3-6-11(10)9-13-12-7-4-8-14-15-12/h4,7-8,10-11H,2-3,5-6,9H2,1H3,(H,13,15). The molecule has 0 saturated heterocycles. The van der Waals surface area contributed by atoms with Crippen LogP contribution in [0, 0.1) is 11.8 Å². The first-order chi connectivity index (χ1) is 7.36. The molecule has 0 aliphatic heterocycles. The summed E-state index contributed by atoms with van der Waals surface area (Å²) in [7, 11) is 0. The summed E-state index contributed by atoms with van der Waals surface area (Å²) in [4.78, 5) is 0. The number of aromatic nitrogens is 2. The molecule has 1 aromatic rings. The Hall–Kier alpha value is -1.12. The molecule has 1 fully saturated rings. The molecule has 2 atom stereocenters.